The molecule has 0 fully saturated rings. The maximum absolute atomic E-state index is 6.01. The molecule has 2 aromatic rings. The van der Waals surface area contributed by atoms with Gasteiger partial charge < -0.3 is 20.5 Å². The Labute approximate surface area is 153 Å². The zero-order valence-electron chi connectivity index (χ0n) is 15.0. The Hall–Kier alpha value is -2.28. The number of rotatable bonds is 9. The van der Waals surface area contributed by atoms with Crippen LogP contribution >= 0.6 is 11.3 Å². The van der Waals surface area contributed by atoms with E-state index in [2.05, 4.69) is 20.7 Å². The van der Waals surface area contributed by atoms with Crippen molar-refractivity contribution in [1.82, 2.24) is 4.98 Å². The van der Waals surface area contributed by atoms with Crippen LogP contribution in [0.1, 0.15) is 31.0 Å². The molecule has 25 heavy (non-hydrogen) atoms. The number of ether oxygens (including phenoxy) is 2. The molecule has 0 atom stereocenters. The van der Waals surface area contributed by atoms with Crippen LogP contribution in [0.2, 0.25) is 0 Å². The molecule has 0 unspecified atom stereocenters. The van der Waals surface area contributed by atoms with Crippen LogP contribution < -0.4 is 20.5 Å². The molecule has 0 radical (unpaired) electrons. The molecule has 0 saturated heterocycles. The number of thiazole rings is 1. The van der Waals surface area contributed by atoms with E-state index in [9.17, 15) is 0 Å². The van der Waals surface area contributed by atoms with Gasteiger partial charge in [-0.1, -0.05) is 0 Å². The summed E-state index contributed by atoms with van der Waals surface area (Å²) in [6, 6.07) is 5.62. The maximum atomic E-state index is 6.01. The fourth-order valence-electron chi connectivity index (χ4n) is 2.27. The largest absolute Gasteiger partial charge is 0.494 e. The highest BCUT2D eigenvalue weighted by Crippen LogP contribution is 2.29. The van der Waals surface area contributed by atoms with Gasteiger partial charge in [-0.25, -0.2) is 4.98 Å². The third-order valence-electron chi connectivity index (χ3n) is 3.32. The third kappa shape index (κ3) is 6.26. The zero-order valence-corrected chi connectivity index (χ0v) is 15.9. The van der Waals surface area contributed by atoms with Gasteiger partial charge in [0.15, 0.2) is 5.96 Å². The maximum Gasteiger partial charge on any atom is 0.193 e. The molecule has 136 valence electrons. The van der Waals surface area contributed by atoms with Gasteiger partial charge in [0.25, 0.3) is 0 Å². The van der Waals surface area contributed by atoms with E-state index < -0.39 is 0 Å². The highest BCUT2D eigenvalue weighted by molar-refractivity contribution is 7.09. The number of aromatic nitrogens is 1. The molecule has 3 N–H and O–H groups in total. The molecule has 0 amide bonds. The average Bonchev–Trinajstić information content (AvgIpc) is 3.00. The van der Waals surface area contributed by atoms with Crippen molar-refractivity contribution >= 4 is 23.0 Å². The number of nitrogens with one attached hydrogen (secondary N) is 1. The normalized spacial score (nSPS) is 11.4. The van der Waals surface area contributed by atoms with Crippen molar-refractivity contribution in [2.24, 2.45) is 10.7 Å². The number of hydrogen-bond donors (Lipinski definition) is 2. The molecule has 0 bridgehead atoms. The van der Waals surface area contributed by atoms with Crippen molar-refractivity contribution in [1.29, 1.82) is 0 Å². The second-order valence-electron chi connectivity index (χ2n) is 5.40. The van der Waals surface area contributed by atoms with Gasteiger partial charge in [0.1, 0.15) is 11.5 Å². The first-order valence-electron chi connectivity index (χ1n) is 8.50. The summed E-state index contributed by atoms with van der Waals surface area (Å²) in [5, 5.41) is 6.31. The van der Waals surface area contributed by atoms with Crippen molar-refractivity contribution in [3.63, 3.8) is 0 Å². The minimum absolute atomic E-state index is 0.366. The lowest BCUT2D eigenvalue weighted by Gasteiger charge is -2.14. The van der Waals surface area contributed by atoms with Gasteiger partial charge in [0, 0.05) is 30.1 Å². The van der Waals surface area contributed by atoms with Gasteiger partial charge in [-0.15, -0.1) is 11.3 Å². The van der Waals surface area contributed by atoms with Crippen LogP contribution in [-0.4, -0.2) is 30.7 Å². The van der Waals surface area contributed by atoms with Crippen LogP contribution in [0.3, 0.4) is 0 Å². The van der Waals surface area contributed by atoms with Gasteiger partial charge >= 0.3 is 0 Å². The Morgan fingerprint density at radius 3 is 2.76 bits per heavy atom. The van der Waals surface area contributed by atoms with E-state index in [4.69, 9.17) is 15.2 Å². The van der Waals surface area contributed by atoms with E-state index in [1.807, 2.05) is 39.0 Å². The predicted octanol–water partition coefficient (Wildman–Crippen LogP) is 3.61. The topological polar surface area (TPSA) is 81.8 Å². The lowest BCUT2D eigenvalue weighted by Crippen LogP contribution is -2.23. The fourth-order valence-corrected chi connectivity index (χ4v) is 3.09. The molecular weight excluding hydrogens is 336 g/mol. The van der Waals surface area contributed by atoms with E-state index in [1.165, 1.54) is 0 Å². The van der Waals surface area contributed by atoms with Gasteiger partial charge in [0.2, 0.25) is 0 Å². The lowest BCUT2D eigenvalue weighted by molar-refractivity contribution is 0.332. The Balaban J connectivity index is 1.92. The number of nitrogens with two attached hydrogens (primary N) is 1. The summed E-state index contributed by atoms with van der Waals surface area (Å²) in [6.07, 6.45) is 1.83. The smallest absolute Gasteiger partial charge is 0.193 e. The molecule has 1 aromatic carbocycles. The highest BCUT2D eigenvalue weighted by Gasteiger charge is 2.07. The molecule has 0 aliphatic carbocycles. The van der Waals surface area contributed by atoms with Crippen molar-refractivity contribution in [3.8, 4) is 11.5 Å². The van der Waals surface area contributed by atoms with Crippen molar-refractivity contribution in [2.75, 3.05) is 25.1 Å². The lowest BCUT2D eigenvalue weighted by atomic mass is 10.2. The summed E-state index contributed by atoms with van der Waals surface area (Å²) >= 11 is 1.69. The number of anilines is 1. The van der Waals surface area contributed by atoms with E-state index in [0.717, 1.165) is 40.7 Å². The standard InChI is InChI=1S/C18H26N4O2S/c1-4-23-14-8-9-16(24-5-2)15(11-14)22-18(19)20-10-6-7-17-21-13(3)12-25-17/h8-9,11-12H,4-7,10H2,1-3H3,(H3,19,20,22). The van der Waals surface area contributed by atoms with Crippen LogP contribution in [0.25, 0.3) is 0 Å². The highest BCUT2D eigenvalue weighted by atomic mass is 32.1. The fraction of sp³-hybridized carbons (Fsp3) is 0.444. The van der Waals surface area contributed by atoms with Crippen molar-refractivity contribution in [3.05, 3.63) is 34.3 Å². The summed E-state index contributed by atoms with van der Waals surface area (Å²) < 4.78 is 11.2. The first kappa shape index (κ1) is 19.1. The molecule has 2 rings (SSSR count). The summed E-state index contributed by atoms with van der Waals surface area (Å²) in [6.45, 7) is 7.72. The Bertz CT molecular complexity index is 700. The quantitative estimate of drug-likeness (QED) is 0.404. The molecule has 0 aliphatic heterocycles. The molecule has 1 aromatic heterocycles. The van der Waals surface area contributed by atoms with Gasteiger partial charge in [-0.2, -0.15) is 0 Å². The number of nitrogens with zero attached hydrogens (tertiary/aromatic N) is 2. The number of aryl methyl sites for hydroxylation is 2. The van der Waals surface area contributed by atoms with E-state index >= 15 is 0 Å². The Morgan fingerprint density at radius 1 is 1.28 bits per heavy atom. The summed E-state index contributed by atoms with van der Waals surface area (Å²) in [5.74, 6) is 1.85. The van der Waals surface area contributed by atoms with Crippen LogP contribution in [0.5, 0.6) is 11.5 Å². The third-order valence-corrected chi connectivity index (χ3v) is 4.35. The van der Waals surface area contributed by atoms with E-state index in [-0.39, 0.29) is 0 Å². The minimum atomic E-state index is 0.366. The Morgan fingerprint density at radius 2 is 2.08 bits per heavy atom. The zero-order chi connectivity index (χ0) is 18.1. The predicted molar refractivity (Wildman–Crippen MR) is 104 cm³/mol. The Kier molecular flexibility index (Phi) is 7.53. The second-order valence-corrected chi connectivity index (χ2v) is 6.34. The molecule has 7 heteroatoms. The number of benzene rings is 1. The van der Waals surface area contributed by atoms with Crippen LogP contribution in [0, 0.1) is 6.92 Å². The first-order valence-corrected chi connectivity index (χ1v) is 9.38. The van der Waals surface area contributed by atoms with Gasteiger partial charge in [-0.3, -0.25) is 4.99 Å². The SMILES string of the molecule is CCOc1ccc(OCC)c(NC(N)=NCCCc2nc(C)cs2)c1. The number of hydrogen-bond acceptors (Lipinski definition) is 5. The van der Waals surface area contributed by atoms with Crippen LogP contribution in [0.15, 0.2) is 28.6 Å². The average molecular weight is 362 g/mol. The van der Waals surface area contributed by atoms with Gasteiger partial charge in [-0.05, 0) is 39.3 Å². The molecule has 6 nitrogen and oxygen atoms in total. The second kappa shape index (κ2) is 9.88. The summed E-state index contributed by atoms with van der Waals surface area (Å²) in [4.78, 5) is 8.83. The van der Waals surface area contributed by atoms with Crippen molar-refractivity contribution < 1.29 is 9.47 Å². The monoisotopic (exact) mass is 362 g/mol. The van der Waals surface area contributed by atoms with Crippen LogP contribution in [0.4, 0.5) is 5.69 Å². The minimum Gasteiger partial charge on any atom is -0.494 e. The van der Waals surface area contributed by atoms with Gasteiger partial charge in [0.05, 0.1) is 23.9 Å². The van der Waals surface area contributed by atoms with Crippen LogP contribution in [-0.2, 0) is 6.42 Å². The summed E-state index contributed by atoms with van der Waals surface area (Å²) in [7, 11) is 0. The number of guanidine groups is 1. The first-order chi connectivity index (χ1) is 12.1. The molecular formula is C18H26N4O2S. The van der Waals surface area contributed by atoms with E-state index in [0.29, 0.717) is 25.7 Å². The number of aliphatic imine (C=N–C) groups is 1. The molecule has 0 saturated carbocycles. The molecule has 0 aliphatic rings. The molecule has 0 spiro atoms. The molecule has 1 heterocycles. The van der Waals surface area contributed by atoms with Crippen molar-refractivity contribution in [2.45, 2.75) is 33.6 Å². The summed E-state index contributed by atoms with van der Waals surface area (Å²) in [5.41, 5.74) is 7.83. The van der Waals surface area contributed by atoms with E-state index in [1.54, 1.807) is 11.3 Å².